The normalized spacial score (nSPS) is 12.6. The van der Waals surface area contributed by atoms with Crippen LogP contribution in [0.2, 0.25) is 0 Å². The fourth-order valence-corrected chi connectivity index (χ4v) is 2.88. The van der Waals surface area contributed by atoms with Crippen LogP contribution in [0.25, 0.3) is 5.69 Å². The summed E-state index contributed by atoms with van der Waals surface area (Å²) in [6, 6.07) is 2.98. The molecular weight excluding hydrogens is 321 g/mol. The highest BCUT2D eigenvalue weighted by Gasteiger charge is 2.32. The van der Waals surface area contributed by atoms with Crippen molar-refractivity contribution < 1.29 is 26.1 Å². The Hall–Kier alpha value is -1.87. The van der Waals surface area contributed by atoms with Crippen LogP contribution in [0.3, 0.4) is 0 Å². The number of hydrogen-bond donors (Lipinski definition) is 1. The molecule has 0 unspecified atom stereocenters. The molecule has 0 aliphatic heterocycles. The van der Waals surface area contributed by atoms with Crippen LogP contribution < -0.4 is 0 Å². The summed E-state index contributed by atoms with van der Waals surface area (Å²) in [7, 11) is -4.17. The second-order valence-electron chi connectivity index (χ2n) is 4.98. The number of benzene rings is 1. The number of rotatable bonds is 3. The van der Waals surface area contributed by atoms with Gasteiger partial charge in [0.25, 0.3) is 10.1 Å². The van der Waals surface area contributed by atoms with E-state index in [2.05, 4.69) is 5.10 Å². The topological polar surface area (TPSA) is 72.2 Å². The predicted molar refractivity (Wildman–Crippen MR) is 73.3 cm³/mol. The Balaban J connectivity index is 2.47. The molecule has 0 radical (unpaired) electrons. The molecule has 1 aromatic heterocycles. The molecule has 0 aliphatic carbocycles. The van der Waals surface area contributed by atoms with Crippen molar-refractivity contribution in [2.45, 2.75) is 25.8 Å². The molecule has 0 bridgehead atoms. The van der Waals surface area contributed by atoms with Gasteiger partial charge >= 0.3 is 6.18 Å². The molecule has 0 fully saturated rings. The van der Waals surface area contributed by atoms with Crippen molar-refractivity contribution in [2.24, 2.45) is 0 Å². The van der Waals surface area contributed by atoms with Crippen LogP contribution >= 0.6 is 0 Å². The van der Waals surface area contributed by atoms with Crippen molar-refractivity contribution in [3.05, 3.63) is 46.8 Å². The summed E-state index contributed by atoms with van der Waals surface area (Å²) in [6.45, 7) is 3.26. The van der Waals surface area contributed by atoms with Crippen molar-refractivity contribution in [3.8, 4) is 5.69 Å². The molecule has 0 spiro atoms. The molecule has 0 aliphatic rings. The first-order valence-corrected chi connectivity index (χ1v) is 7.76. The lowest BCUT2D eigenvalue weighted by Gasteiger charge is -2.12. The van der Waals surface area contributed by atoms with Gasteiger partial charge in [-0.15, -0.1) is 0 Å². The summed E-state index contributed by atoms with van der Waals surface area (Å²) >= 11 is 0. The average molecular weight is 334 g/mol. The molecule has 5 nitrogen and oxygen atoms in total. The van der Waals surface area contributed by atoms with E-state index in [-0.39, 0.29) is 0 Å². The molecule has 9 heteroatoms. The summed E-state index contributed by atoms with van der Waals surface area (Å²) in [5, 5.41) is 3.71. The SMILES string of the molecule is Cc1cc(CS(=O)(=O)O)cc(C)c1-n1cc(C(F)(F)F)cn1. The van der Waals surface area contributed by atoms with Crippen molar-refractivity contribution in [1.82, 2.24) is 9.78 Å². The number of aryl methyl sites for hydroxylation is 2. The van der Waals surface area contributed by atoms with Gasteiger partial charge in [-0.2, -0.15) is 26.7 Å². The Kier molecular flexibility index (Phi) is 4.05. The molecule has 22 heavy (non-hydrogen) atoms. The van der Waals surface area contributed by atoms with Crippen LogP contribution in [0, 0.1) is 13.8 Å². The first-order valence-electron chi connectivity index (χ1n) is 6.15. The fourth-order valence-electron chi connectivity index (χ4n) is 2.29. The third kappa shape index (κ3) is 3.66. The zero-order valence-electron chi connectivity index (χ0n) is 11.7. The van der Waals surface area contributed by atoms with Gasteiger partial charge in [0.05, 0.1) is 17.4 Å². The number of hydrogen-bond acceptors (Lipinski definition) is 3. The minimum Gasteiger partial charge on any atom is -0.285 e. The number of aromatic nitrogens is 2. The maximum absolute atomic E-state index is 12.6. The Morgan fingerprint density at radius 3 is 2.18 bits per heavy atom. The molecule has 0 saturated heterocycles. The number of nitrogens with zero attached hydrogens (tertiary/aromatic N) is 2. The van der Waals surface area contributed by atoms with Crippen molar-refractivity contribution in [3.63, 3.8) is 0 Å². The van der Waals surface area contributed by atoms with Crippen LogP contribution in [0.1, 0.15) is 22.3 Å². The molecule has 1 aromatic carbocycles. The van der Waals surface area contributed by atoms with Gasteiger partial charge in [-0.25, -0.2) is 4.68 Å². The minimum atomic E-state index is -4.48. The third-order valence-electron chi connectivity index (χ3n) is 3.04. The zero-order chi connectivity index (χ0) is 16.7. The Bertz CT molecular complexity index is 787. The van der Waals surface area contributed by atoms with Gasteiger partial charge in [0.1, 0.15) is 5.75 Å². The first kappa shape index (κ1) is 16.5. The highest BCUT2D eigenvalue weighted by molar-refractivity contribution is 7.85. The lowest BCUT2D eigenvalue weighted by molar-refractivity contribution is -0.137. The lowest BCUT2D eigenvalue weighted by atomic mass is 10.1. The summed E-state index contributed by atoms with van der Waals surface area (Å²) in [5.74, 6) is -0.554. The van der Waals surface area contributed by atoms with Crippen molar-refractivity contribution in [2.75, 3.05) is 0 Å². The van der Waals surface area contributed by atoms with Gasteiger partial charge in [-0.1, -0.05) is 12.1 Å². The number of alkyl halides is 3. The lowest BCUT2D eigenvalue weighted by Crippen LogP contribution is -2.06. The molecular formula is C13H13F3N2O3S. The van der Waals surface area contributed by atoms with Crippen LogP contribution in [-0.4, -0.2) is 22.8 Å². The Morgan fingerprint density at radius 1 is 1.23 bits per heavy atom. The molecule has 1 heterocycles. The minimum absolute atomic E-state index is 0.351. The van der Waals surface area contributed by atoms with Crippen LogP contribution in [-0.2, 0) is 22.0 Å². The number of halogens is 3. The maximum Gasteiger partial charge on any atom is 0.419 e. The van der Waals surface area contributed by atoms with E-state index in [0.29, 0.717) is 22.4 Å². The second-order valence-corrected chi connectivity index (χ2v) is 6.43. The maximum atomic E-state index is 12.6. The van der Waals surface area contributed by atoms with Gasteiger partial charge in [0.2, 0.25) is 0 Å². The van der Waals surface area contributed by atoms with E-state index in [1.165, 1.54) is 12.1 Å². The van der Waals surface area contributed by atoms with Gasteiger partial charge in [0.15, 0.2) is 0 Å². The smallest absolute Gasteiger partial charge is 0.285 e. The van der Waals surface area contributed by atoms with Gasteiger partial charge in [-0.05, 0) is 30.5 Å². The van der Waals surface area contributed by atoms with E-state index in [4.69, 9.17) is 4.55 Å². The first-order chi connectivity index (χ1) is 9.97. The molecule has 2 aromatic rings. The third-order valence-corrected chi connectivity index (χ3v) is 3.74. The van der Waals surface area contributed by atoms with E-state index >= 15 is 0 Å². The average Bonchev–Trinajstić information content (AvgIpc) is 2.74. The predicted octanol–water partition coefficient (Wildman–Crippen LogP) is 2.90. The Labute approximate surface area is 125 Å². The molecule has 0 saturated carbocycles. The second kappa shape index (κ2) is 5.40. The van der Waals surface area contributed by atoms with Crippen LogP contribution in [0.4, 0.5) is 13.2 Å². The van der Waals surface area contributed by atoms with E-state index < -0.39 is 27.6 Å². The quantitative estimate of drug-likeness (QED) is 0.876. The van der Waals surface area contributed by atoms with Crippen LogP contribution in [0.5, 0.6) is 0 Å². The van der Waals surface area contributed by atoms with E-state index in [1.807, 2.05) is 0 Å². The Morgan fingerprint density at radius 2 is 1.77 bits per heavy atom. The van der Waals surface area contributed by atoms with Crippen LogP contribution in [0.15, 0.2) is 24.5 Å². The molecule has 1 N–H and O–H groups in total. The summed E-state index contributed by atoms with van der Waals surface area (Å²) < 4.78 is 69.6. The summed E-state index contributed by atoms with van der Waals surface area (Å²) in [4.78, 5) is 0. The molecule has 2 rings (SSSR count). The highest BCUT2D eigenvalue weighted by Crippen LogP contribution is 2.30. The fraction of sp³-hybridized carbons (Fsp3) is 0.308. The van der Waals surface area contributed by atoms with Gasteiger partial charge in [0, 0.05) is 6.20 Å². The highest BCUT2D eigenvalue weighted by atomic mass is 32.2. The largest absolute Gasteiger partial charge is 0.419 e. The zero-order valence-corrected chi connectivity index (χ0v) is 12.5. The molecule has 0 amide bonds. The van der Waals surface area contributed by atoms with Gasteiger partial charge < -0.3 is 0 Å². The van der Waals surface area contributed by atoms with Gasteiger partial charge in [-0.3, -0.25) is 4.55 Å². The summed E-state index contributed by atoms with van der Waals surface area (Å²) in [6.07, 6.45) is -2.88. The monoisotopic (exact) mass is 334 g/mol. The standard InChI is InChI=1S/C13H13F3N2O3S/c1-8-3-10(7-22(19,20)21)4-9(2)12(8)18-6-11(5-17-18)13(14,15)16/h3-6H,7H2,1-2H3,(H,19,20,21). The molecule has 0 atom stereocenters. The summed E-state index contributed by atoms with van der Waals surface area (Å²) in [5.41, 5.74) is 1.03. The molecule has 120 valence electrons. The van der Waals surface area contributed by atoms with Crippen molar-refractivity contribution in [1.29, 1.82) is 0 Å². The van der Waals surface area contributed by atoms with Crippen molar-refractivity contribution >= 4 is 10.1 Å². The van der Waals surface area contributed by atoms with E-state index in [1.54, 1.807) is 13.8 Å². The van der Waals surface area contributed by atoms with E-state index in [9.17, 15) is 21.6 Å². The van der Waals surface area contributed by atoms with E-state index in [0.717, 1.165) is 17.1 Å².